The normalized spacial score (nSPS) is 15.0. The molecule has 0 N–H and O–H groups in total. The third-order valence-electron chi connectivity index (χ3n) is 5.55. The molecule has 0 atom stereocenters. The number of Topliss-reactive ketones (excluding diaryl/α,β-unsaturated/α-hetero) is 1. The summed E-state index contributed by atoms with van der Waals surface area (Å²) in [5.74, 6) is -0.00924. The first-order valence-electron chi connectivity index (χ1n) is 10.2. The van der Waals surface area contributed by atoms with Gasteiger partial charge >= 0.3 is 0 Å². The fraction of sp³-hybridized carbons (Fsp3) is 0.318. The first-order valence-corrected chi connectivity index (χ1v) is 11.1. The summed E-state index contributed by atoms with van der Waals surface area (Å²) in [4.78, 5) is 31.0. The zero-order chi connectivity index (χ0) is 21.4. The molecule has 0 spiro atoms. The molecule has 0 amide bonds. The number of likely N-dealkylation sites (N-methyl/N-ethyl adjacent to an activating group) is 1. The number of carbonyl (C=O) groups excluding carboxylic acids is 1. The molecular formula is C22H23N7OS. The zero-order valence-electron chi connectivity index (χ0n) is 17.5. The number of hydrogen-bond donors (Lipinski definition) is 0. The van der Waals surface area contributed by atoms with Crippen molar-refractivity contribution in [3.8, 4) is 11.3 Å². The first-order chi connectivity index (χ1) is 15.0. The first kappa shape index (κ1) is 19.8. The Morgan fingerprint density at radius 3 is 2.61 bits per heavy atom. The van der Waals surface area contributed by atoms with E-state index in [4.69, 9.17) is 0 Å². The number of carbonyl (C=O) groups is 1. The molecule has 8 nitrogen and oxygen atoms in total. The van der Waals surface area contributed by atoms with E-state index in [0.717, 1.165) is 59.0 Å². The van der Waals surface area contributed by atoms with Gasteiger partial charge in [0.15, 0.2) is 10.9 Å². The van der Waals surface area contributed by atoms with E-state index in [2.05, 4.69) is 36.9 Å². The molecule has 5 heterocycles. The van der Waals surface area contributed by atoms with Gasteiger partial charge in [-0.3, -0.25) is 19.4 Å². The maximum absolute atomic E-state index is 12.8. The topological polar surface area (TPSA) is 80.0 Å². The fourth-order valence-corrected chi connectivity index (χ4v) is 4.57. The Labute approximate surface area is 184 Å². The molecule has 1 fully saturated rings. The fourth-order valence-electron chi connectivity index (χ4n) is 3.68. The number of nitrogens with zero attached hydrogens (tertiary/aromatic N) is 7. The van der Waals surface area contributed by atoms with E-state index in [1.54, 1.807) is 23.3 Å². The van der Waals surface area contributed by atoms with E-state index in [-0.39, 0.29) is 12.2 Å². The summed E-state index contributed by atoms with van der Waals surface area (Å²) >= 11 is 1.54. The van der Waals surface area contributed by atoms with E-state index in [1.165, 1.54) is 11.3 Å². The van der Waals surface area contributed by atoms with Crippen LogP contribution in [0.2, 0.25) is 0 Å². The highest BCUT2D eigenvalue weighted by atomic mass is 32.1. The van der Waals surface area contributed by atoms with Crippen LogP contribution >= 0.6 is 11.3 Å². The van der Waals surface area contributed by atoms with Crippen LogP contribution in [0.4, 0.5) is 5.13 Å². The van der Waals surface area contributed by atoms with Crippen LogP contribution in [0.3, 0.4) is 0 Å². The minimum Gasteiger partial charge on any atom is -0.346 e. The van der Waals surface area contributed by atoms with Gasteiger partial charge in [-0.15, -0.1) is 11.3 Å². The molecule has 4 aromatic heterocycles. The second-order valence-corrected chi connectivity index (χ2v) is 8.74. The number of rotatable bonds is 5. The van der Waals surface area contributed by atoms with Crippen molar-refractivity contribution in [2.75, 3.05) is 38.1 Å². The maximum atomic E-state index is 12.8. The van der Waals surface area contributed by atoms with Gasteiger partial charge in [0.25, 0.3) is 0 Å². The van der Waals surface area contributed by atoms with Crippen molar-refractivity contribution in [1.82, 2.24) is 29.6 Å². The van der Waals surface area contributed by atoms with Gasteiger partial charge in [0.2, 0.25) is 0 Å². The van der Waals surface area contributed by atoms with E-state index in [9.17, 15) is 4.79 Å². The van der Waals surface area contributed by atoms with Crippen molar-refractivity contribution in [1.29, 1.82) is 0 Å². The number of thiazole rings is 1. The second-order valence-electron chi connectivity index (χ2n) is 7.90. The second kappa shape index (κ2) is 8.16. The summed E-state index contributed by atoms with van der Waals surface area (Å²) < 4.78 is 1.75. The average molecular weight is 434 g/mol. The Balaban J connectivity index is 1.33. The van der Waals surface area contributed by atoms with Crippen LogP contribution in [0.25, 0.3) is 22.0 Å². The molecule has 4 aromatic rings. The van der Waals surface area contributed by atoms with E-state index >= 15 is 0 Å². The number of aromatic nitrogens is 5. The number of aryl methyl sites for hydroxylation is 1. The number of anilines is 1. The monoisotopic (exact) mass is 433 g/mol. The zero-order valence-corrected chi connectivity index (χ0v) is 18.3. The van der Waals surface area contributed by atoms with Crippen LogP contribution in [0.1, 0.15) is 16.2 Å². The molecule has 158 valence electrons. The third kappa shape index (κ3) is 4.19. The number of fused-ring (bicyclic) bond motifs is 1. The van der Waals surface area contributed by atoms with Gasteiger partial charge in [-0.2, -0.15) is 5.10 Å². The summed E-state index contributed by atoms with van der Waals surface area (Å²) in [5, 5.41) is 8.94. The smallest absolute Gasteiger partial charge is 0.188 e. The van der Waals surface area contributed by atoms with Crippen LogP contribution in [-0.4, -0.2) is 68.6 Å². The molecule has 0 bridgehead atoms. The molecular weight excluding hydrogens is 410 g/mol. The van der Waals surface area contributed by atoms with Gasteiger partial charge in [-0.1, -0.05) is 0 Å². The van der Waals surface area contributed by atoms with Crippen molar-refractivity contribution in [2.24, 2.45) is 7.05 Å². The summed E-state index contributed by atoms with van der Waals surface area (Å²) in [6.45, 7) is 3.91. The van der Waals surface area contributed by atoms with Crippen molar-refractivity contribution in [2.45, 2.75) is 6.42 Å². The quantitative estimate of drug-likeness (QED) is 0.448. The largest absolute Gasteiger partial charge is 0.346 e. The number of ketones is 1. The minimum atomic E-state index is -0.00924. The summed E-state index contributed by atoms with van der Waals surface area (Å²) in [5.41, 5.74) is 3.06. The van der Waals surface area contributed by atoms with Gasteiger partial charge < -0.3 is 9.80 Å². The van der Waals surface area contributed by atoms with Gasteiger partial charge in [0.05, 0.1) is 18.3 Å². The van der Waals surface area contributed by atoms with Gasteiger partial charge in [0.1, 0.15) is 5.69 Å². The predicted molar refractivity (Wildman–Crippen MR) is 122 cm³/mol. The van der Waals surface area contributed by atoms with Crippen LogP contribution in [0.15, 0.2) is 42.3 Å². The third-order valence-corrected chi connectivity index (χ3v) is 6.46. The van der Waals surface area contributed by atoms with E-state index < -0.39 is 0 Å². The molecule has 0 radical (unpaired) electrons. The highest BCUT2D eigenvalue weighted by Gasteiger charge is 2.19. The SMILES string of the molecule is CN1CCN(c2nc(C(=O)Cc3cc4cc(-c5cnn(C)c5)ncc4cn3)cs2)CC1. The summed E-state index contributed by atoms with van der Waals surface area (Å²) in [6, 6.07) is 3.97. The summed E-state index contributed by atoms with van der Waals surface area (Å²) in [6.07, 6.45) is 7.53. The highest BCUT2D eigenvalue weighted by molar-refractivity contribution is 7.13. The van der Waals surface area contributed by atoms with Crippen molar-refractivity contribution in [3.05, 3.63) is 53.7 Å². The average Bonchev–Trinajstić information content (AvgIpc) is 3.43. The van der Waals surface area contributed by atoms with Crippen LogP contribution in [-0.2, 0) is 13.5 Å². The predicted octanol–water partition coefficient (Wildman–Crippen LogP) is 2.66. The standard InChI is InChI=1S/C22H23N7OS/c1-27-3-5-29(6-4-27)22-26-20(14-31-22)21(30)9-18-7-15-8-19(17-12-25-28(2)13-17)24-11-16(15)10-23-18/h7-8,10-14H,3-6,9H2,1-2H3. The lowest BCUT2D eigenvalue weighted by atomic mass is 10.1. The molecule has 1 saturated heterocycles. The van der Waals surface area contributed by atoms with Crippen molar-refractivity contribution < 1.29 is 4.79 Å². The van der Waals surface area contributed by atoms with Gasteiger partial charge in [-0.05, 0) is 24.6 Å². The van der Waals surface area contributed by atoms with Crippen molar-refractivity contribution >= 4 is 33.0 Å². The summed E-state index contributed by atoms with van der Waals surface area (Å²) in [7, 11) is 4.01. The lowest BCUT2D eigenvalue weighted by Crippen LogP contribution is -2.44. The molecule has 0 unspecified atom stereocenters. The van der Waals surface area contributed by atoms with E-state index in [0.29, 0.717) is 5.69 Å². The highest BCUT2D eigenvalue weighted by Crippen LogP contribution is 2.24. The van der Waals surface area contributed by atoms with Gasteiger partial charge in [-0.25, -0.2) is 4.98 Å². The maximum Gasteiger partial charge on any atom is 0.188 e. The van der Waals surface area contributed by atoms with Crippen LogP contribution in [0, 0.1) is 0 Å². The van der Waals surface area contributed by atoms with E-state index in [1.807, 2.05) is 30.8 Å². The molecule has 0 aromatic carbocycles. The molecule has 0 aliphatic carbocycles. The number of hydrogen-bond acceptors (Lipinski definition) is 8. The Bertz CT molecular complexity index is 1240. The number of piperazine rings is 1. The molecule has 1 aliphatic rings. The number of pyridine rings is 2. The Morgan fingerprint density at radius 1 is 1.03 bits per heavy atom. The molecule has 0 saturated carbocycles. The minimum absolute atomic E-state index is 0.00924. The molecule has 1 aliphatic heterocycles. The molecule has 31 heavy (non-hydrogen) atoms. The van der Waals surface area contributed by atoms with Crippen molar-refractivity contribution in [3.63, 3.8) is 0 Å². The van der Waals surface area contributed by atoms with Gasteiger partial charge in [0, 0.05) is 73.8 Å². The lowest BCUT2D eigenvalue weighted by Gasteiger charge is -2.32. The Morgan fingerprint density at radius 2 is 1.84 bits per heavy atom. The lowest BCUT2D eigenvalue weighted by molar-refractivity contribution is 0.0988. The molecule has 9 heteroatoms. The Kier molecular flexibility index (Phi) is 5.21. The van der Waals surface area contributed by atoms with Crippen LogP contribution < -0.4 is 4.90 Å². The molecule has 5 rings (SSSR count). The Hall–Kier alpha value is -3.17. The van der Waals surface area contributed by atoms with Crippen LogP contribution in [0.5, 0.6) is 0 Å².